The summed E-state index contributed by atoms with van der Waals surface area (Å²) in [7, 11) is 1.52. The van der Waals surface area contributed by atoms with E-state index < -0.39 is 0 Å². The Bertz CT molecular complexity index is 300. The van der Waals surface area contributed by atoms with Crippen LogP contribution in [0.3, 0.4) is 0 Å². The Labute approximate surface area is 161 Å². The minimum absolute atomic E-state index is 0.0490. The molecule has 26 heavy (non-hydrogen) atoms. The van der Waals surface area contributed by atoms with Crippen LogP contribution < -0.4 is 5.32 Å². The predicted octanol–water partition coefficient (Wildman–Crippen LogP) is 4.34. The highest BCUT2D eigenvalue weighted by molar-refractivity contribution is 5.77. The Balaban J connectivity index is 3.14. The van der Waals surface area contributed by atoms with E-state index in [0.717, 1.165) is 44.8 Å². The minimum atomic E-state index is -0.0490. The fraction of sp³-hybridized carbons (Fsp3) is 0.952. The predicted molar refractivity (Wildman–Crippen MR) is 108 cm³/mol. The lowest BCUT2D eigenvalue weighted by atomic mass is 9.94. The molecule has 0 fully saturated rings. The number of methoxy groups -OCH3 is 1. The molecule has 1 unspecified atom stereocenters. The van der Waals surface area contributed by atoms with Gasteiger partial charge >= 0.3 is 0 Å². The molecule has 0 aromatic carbocycles. The first kappa shape index (κ1) is 25.4. The van der Waals surface area contributed by atoms with Crippen molar-refractivity contribution in [2.45, 2.75) is 78.1 Å². The molecule has 0 saturated carbocycles. The second-order valence-electron chi connectivity index (χ2n) is 6.98. The van der Waals surface area contributed by atoms with E-state index in [4.69, 9.17) is 14.2 Å². The number of carbonyl (C=O) groups excluding carboxylic acids is 1. The van der Waals surface area contributed by atoms with Crippen molar-refractivity contribution < 1.29 is 19.0 Å². The van der Waals surface area contributed by atoms with Gasteiger partial charge in [-0.2, -0.15) is 0 Å². The third kappa shape index (κ3) is 18.2. The average molecular weight is 374 g/mol. The van der Waals surface area contributed by atoms with E-state index in [9.17, 15) is 4.79 Å². The van der Waals surface area contributed by atoms with Crippen LogP contribution in [-0.4, -0.2) is 52.6 Å². The van der Waals surface area contributed by atoms with Gasteiger partial charge in [0, 0.05) is 26.9 Å². The van der Waals surface area contributed by atoms with Crippen LogP contribution >= 0.6 is 0 Å². The second-order valence-corrected chi connectivity index (χ2v) is 6.98. The minimum Gasteiger partial charge on any atom is -0.379 e. The molecule has 0 aromatic rings. The van der Waals surface area contributed by atoms with Crippen molar-refractivity contribution in [2.24, 2.45) is 5.92 Å². The molecule has 5 heteroatoms. The number of amides is 1. The Hall–Kier alpha value is -0.650. The van der Waals surface area contributed by atoms with Crippen molar-refractivity contribution >= 4 is 5.91 Å². The maximum atomic E-state index is 11.2. The summed E-state index contributed by atoms with van der Waals surface area (Å²) in [5, 5.41) is 2.81. The van der Waals surface area contributed by atoms with Crippen LogP contribution in [0.1, 0.15) is 78.1 Å². The van der Waals surface area contributed by atoms with Gasteiger partial charge in [0.05, 0.1) is 13.2 Å². The van der Waals surface area contributed by atoms with Crippen LogP contribution in [0.15, 0.2) is 0 Å². The molecular formula is C21H43NO4. The van der Waals surface area contributed by atoms with Gasteiger partial charge in [-0.3, -0.25) is 4.79 Å². The van der Waals surface area contributed by atoms with Gasteiger partial charge in [-0.25, -0.2) is 0 Å². The quantitative estimate of drug-likeness (QED) is 0.323. The summed E-state index contributed by atoms with van der Waals surface area (Å²) in [4.78, 5) is 11.2. The number of rotatable bonds is 20. The van der Waals surface area contributed by atoms with E-state index in [0.29, 0.717) is 19.8 Å². The maximum Gasteiger partial charge on any atom is 0.245 e. The number of unbranched alkanes of at least 4 members (excludes halogenated alkanes) is 4. The van der Waals surface area contributed by atoms with Crippen molar-refractivity contribution in [1.82, 2.24) is 5.32 Å². The first-order chi connectivity index (χ1) is 12.7. The fourth-order valence-corrected chi connectivity index (χ4v) is 3.01. The van der Waals surface area contributed by atoms with Gasteiger partial charge in [0.15, 0.2) is 0 Å². The van der Waals surface area contributed by atoms with Crippen LogP contribution in [0.5, 0.6) is 0 Å². The number of hydrogen-bond acceptors (Lipinski definition) is 4. The Morgan fingerprint density at radius 1 is 0.846 bits per heavy atom. The molecule has 1 atom stereocenters. The standard InChI is InChI=1S/C21H43NO4/c1-4-12-20(5-2)13-8-6-10-15-25-17-18-26-16-11-7-9-14-22-21(23)19-24-3/h20H,4-19H2,1-3H3,(H,22,23). The molecule has 0 aliphatic carbocycles. The molecule has 5 nitrogen and oxygen atoms in total. The molecule has 156 valence electrons. The van der Waals surface area contributed by atoms with Crippen LogP contribution in [0.25, 0.3) is 0 Å². The van der Waals surface area contributed by atoms with Crippen molar-refractivity contribution in [1.29, 1.82) is 0 Å². The zero-order chi connectivity index (χ0) is 19.3. The van der Waals surface area contributed by atoms with E-state index >= 15 is 0 Å². The molecule has 0 rings (SSSR count). The normalized spacial score (nSPS) is 12.3. The van der Waals surface area contributed by atoms with Gasteiger partial charge in [-0.1, -0.05) is 52.4 Å². The van der Waals surface area contributed by atoms with Crippen LogP contribution in [0.4, 0.5) is 0 Å². The third-order valence-electron chi connectivity index (χ3n) is 4.61. The van der Waals surface area contributed by atoms with E-state index in [-0.39, 0.29) is 12.5 Å². The summed E-state index contributed by atoms with van der Waals surface area (Å²) >= 11 is 0. The molecule has 0 saturated heterocycles. The molecule has 1 N–H and O–H groups in total. The Kier molecular flexibility index (Phi) is 20.1. The Morgan fingerprint density at radius 2 is 1.50 bits per heavy atom. The Morgan fingerprint density at radius 3 is 2.08 bits per heavy atom. The van der Waals surface area contributed by atoms with E-state index in [1.54, 1.807) is 0 Å². The van der Waals surface area contributed by atoms with Gasteiger partial charge < -0.3 is 19.5 Å². The molecule has 1 amide bonds. The highest BCUT2D eigenvalue weighted by Gasteiger charge is 2.04. The molecule has 0 heterocycles. The van der Waals surface area contributed by atoms with E-state index in [1.807, 2.05) is 0 Å². The summed E-state index contributed by atoms with van der Waals surface area (Å²) < 4.78 is 15.9. The topological polar surface area (TPSA) is 56.8 Å². The van der Waals surface area contributed by atoms with Crippen LogP contribution in [-0.2, 0) is 19.0 Å². The maximum absolute atomic E-state index is 11.2. The van der Waals surface area contributed by atoms with Gasteiger partial charge in [-0.15, -0.1) is 0 Å². The monoisotopic (exact) mass is 373 g/mol. The van der Waals surface area contributed by atoms with Crippen molar-refractivity contribution in [3.8, 4) is 0 Å². The largest absolute Gasteiger partial charge is 0.379 e. The first-order valence-electron chi connectivity index (χ1n) is 10.7. The van der Waals surface area contributed by atoms with Gasteiger partial charge in [0.25, 0.3) is 0 Å². The molecular weight excluding hydrogens is 330 g/mol. The van der Waals surface area contributed by atoms with Gasteiger partial charge in [0.2, 0.25) is 5.91 Å². The van der Waals surface area contributed by atoms with Gasteiger partial charge in [0.1, 0.15) is 6.61 Å². The summed E-state index contributed by atoms with van der Waals surface area (Å²) in [6.07, 6.45) is 12.2. The van der Waals surface area contributed by atoms with Gasteiger partial charge in [-0.05, 0) is 31.6 Å². The smallest absolute Gasteiger partial charge is 0.245 e. The molecule has 0 aliphatic rings. The highest BCUT2D eigenvalue weighted by Crippen LogP contribution is 2.18. The van der Waals surface area contributed by atoms with Crippen molar-refractivity contribution in [3.63, 3.8) is 0 Å². The molecule has 0 bridgehead atoms. The lowest BCUT2D eigenvalue weighted by Gasteiger charge is -2.13. The zero-order valence-electron chi connectivity index (χ0n) is 17.5. The molecule has 0 aromatic heterocycles. The highest BCUT2D eigenvalue weighted by atomic mass is 16.5. The molecule has 0 aliphatic heterocycles. The third-order valence-corrected chi connectivity index (χ3v) is 4.61. The molecule has 0 radical (unpaired) electrons. The SMILES string of the molecule is CCCC(CC)CCCCCOCCOCCCCCNC(=O)COC. The van der Waals surface area contributed by atoms with Crippen LogP contribution in [0, 0.1) is 5.92 Å². The zero-order valence-corrected chi connectivity index (χ0v) is 17.5. The number of nitrogens with one attached hydrogen (secondary N) is 1. The summed E-state index contributed by atoms with van der Waals surface area (Å²) in [6, 6.07) is 0. The summed E-state index contributed by atoms with van der Waals surface area (Å²) in [5.41, 5.74) is 0. The fourth-order valence-electron chi connectivity index (χ4n) is 3.01. The van der Waals surface area contributed by atoms with Crippen LogP contribution in [0.2, 0.25) is 0 Å². The van der Waals surface area contributed by atoms with E-state index in [2.05, 4.69) is 19.2 Å². The summed E-state index contributed by atoms with van der Waals surface area (Å²) in [6.45, 7) is 8.44. The molecule has 0 spiro atoms. The first-order valence-corrected chi connectivity index (χ1v) is 10.7. The summed E-state index contributed by atoms with van der Waals surface area (Å²) in [5.74, 6) is 0.878. The van der Waals surface area contributed by atoms with E-state index in [1.165, 1.54) is 45.6 Å². The lowest BCUT2D eigenvalue weighted by Crippen LogP contribution is -2.27. The second kappa shape index (κ2) is 20.7. The lowest BCUT2D eigenvalue weighted by molar-refractivity contribution is -0.124. The number of ether oxygens (including phenoxy) is 3. The number of hydrogen-bond donors (Lipinski definition) is 1. The van der Waals surface area contributed by atoms with Crippen molar-refractivity contribution in [3.05, 3.63) is 0 Å². The average Bonchev–Trinajstić information content (AvgIpc) is 2.64. The van der Waals surface area contributed by atoms with Crippen molar-refractivity contribution in [2.75, 3.05) is 46.7 Å². The number of carbonyl (C=O) groups is 1.